The van der Waals surface area contributed by atoms with Gasteiger partial charge in [-0.25, -0.2) is 32.5 Å². The fourth-order valence-electron chi connectivity index (χ4n) is 14.0. The van der Waals surface area contributed by atoms with E-state index < -0.39 is 65.4 Å². The number of methoxy groups -OCH3 is 2. The molecule has 8 aromatic rings. The summed E-state index contributed by atoms with van der Waals surface area (Å²) in [4.78, 5) is 41.3. The van der Waals surface area contributed by atoms with Crippen molar-refractivity contribution in [3.63, 3.8) is 0 Å². The van der Waals surface area contributed by atoms with Crippen LogP contribution in [0.3, 0.4) is 0 Å². The second kappa shape index (κ2) is 41.3. The molecule has 2 aliphatic carbocycles. The van der Waals surface area contributed by atoms with Gasteiger partial charge in [0, 0.05) is 119 Å². The predicted octanol–water partition coefficient (Wildman–Crippen LogP) is 15.3. The van der Waals surface area contributed by atoms with Gasteiger partial charge in [-0.1, -0.05) is 128 Å². The molecule has 116 heavy (non-hydrogen) atoms. The molecule has 28 nitrogen and oxygen atoms in total. The van der Waals surface area contributed by atoms with Crippen molar-refractivity contribution in [2.75, 3.05) is 123 Å². The predicted molar refractivity (Wildman–Crippen MR) is 467 cm³/mol. The molecule has 0 spiro atoms. The van der Waals surface area contributed by atoms with E-state index in [1.54, 1.807) is 20.4 Å². The molecule has 1 amide bonds. The molecule has 636 valence electrons. The maximum Gasteiger partial charge on any atom is 0.335 e. The van der Waals surface area contributed by atoms with Gasteiger partial charge in [0.2, 0.25) is 10.0 Å². The van der Waals surface area contributed by atoms with Gasteiger partial charge in [0.25, 0.3) is 5.91 Å². The van der Waals surface area contributed by atoms with Gasteiger partial charge in [-0.3, -0.25) is 9.52 Å². The third-order valence-corrected chi connectivity index (χ3v) is 28.0. The molecular weight excluding hydrogens is 1560 g/mol. The summed E-state index contributed by atoms with van der Waals surface area (Å²) in [5, 5.41) is 29.7. The highest BCUT2D eigenvalue weighted by Crippen LogP contribution is 2.48. The maximum atomic E-state index is 13.6. The van der Waals surface area contributed by atoms with Gasteiger partial charge in [0.05, 0.1) is 105 Å². The van der Waals surface area contributed by atoms with Crippen LogP contribution in [0.25, 0.3) is 56.4 Å². The molecule has 0 aliphatic heterocycles. The Hall–Kier alpha value is -7.78. The SMILES string of the molecule is C=C(OCC)c1c(C2CCC(OCCOC)(C(=O)NS(C)(=O)=O)CC2)nc2c(-c3cnn(-c4ccccc4)c3)cnn2c1N(COCC[Si](C)(C)C)COCC[Si](C)(C)C.C=C(OCC)c1c(C2CCC(OCCOC)(C(=O)O)CC2)nc2c(-c3cnn(-c4ccccc4)c3)cnn2c1N(COCC[Si](C)(C)C)COCC[Si](C)(C)C. The highest BCUT2D eigenvalue weighted by molar-refractivity contribution is 7.89. The van der Waals surface area contributed by atoms with E-state index in [-0.39, 0.29) is 71.4 Å². The molecule has 6 aromatic heterocycles. The third-order valence-electron chi connectivity index (χ3n) is 20.7. The average Bonchev–Trinajstić information content (AvgIpc) is 1.51. The summed E-state index contributed by atoms with van der Waals surface area (Å²) in [5.41, 5.74) is 6.54. The zero-order valence-electron chi connectivity index (χ0n) is 71.6. The molecule has 0 atom stereocenters. The van der Waals surface area contributed by atoms with Crippen LogP contribution in [0.1, 0.15) is 99.6 Å². The normalized spacial score (nSPS) is 17.6. The van der Waals surface area contributed by atoms with Crippen molar-refractivity contribution in [1.29, 1.82) is 0 Å². The van der Waals surface area contributed by atoms with Crippen LogP contribution in [0.2, 0.25) is 103 Å². The molecule has 2 aromatic carbocycles. The molecule has 2 saturated carbocycles. The second-order valence-electron chi connectivity index (χ2n) is 34.9. The highest BCUT2D eigenvalue weighted by atomic mass is 32.2. The lowest BCUT2D eigenvalue weighted by atomic mass is 9.76. The summed E-state index contributed by atoms with van der Waals surface area (Å²) in [6.07, 6.45) is 15.3. The van der Waals surface area contributed by atoms with Crippen LogP contribution in [0.5, 0.6) is 0 Å². The van der Waals surface area contributed by atoms with Gasteiger partial charge in [-0.2, -0.15) is 29.4 Å². The summed E-state index contributed by atoms with van der Waals surface area (Å²) < 4.78 is 94.9. The first-order valence-corrected chi connectivity index (χ1v) is 57.2. The van der Waals surface area contributed by atoms with E-state index in [9.17, 15) is 23.1 Å². The van der Waals surface area contributed by atoms with Gasteiger partial charge in [0.15, 0.2) is 16.9 Å². The van der Waals surface area contributed by atoms with E-state index in [2.05, 4.69) is 116 Å². The van der Waals surface area contributed by atoms with Crippen LogP contribution in [-0.4, -0.2) is 231 Å². The number of fused-ring (bicyclic) bond motifs is 2. The molecular formula is C83H127N13O15SSi4. The fourth-order valence-corrected chi connectivity index (χ4v) is 17.5. The lowest BCUT2D eigenvalue weighted by molar-refractivity contribution is -0.173. The summed E-state index contributed by atoms with van der Waals surface area (Å²) in [5.74, 6) is 0.278. The minimum Gasteiger partial charge on any atom is -0.494 e. The average molecular weight is 1690 g/mol. The molecule has 2 aliphatic rings. The van der Waals surface area contributed by atoms with Gasteiger partial charge in [-0.15, -0.1) is 0 Å². The number of carbonyl (C=O) groups excluding carboxylic acids is 1. The number of carbonyl (C=O) groups is 2. The van der Waals surface area contributed by atoms with E-state index in [0.717, 1.165) is 75.4 Å². The Morgan fingerprint density at radius 3 is 1.18 bits per heavy atom. The number of carboxylic acid groups (broad SMARTS) is 1. The number of aliphatic carboxylic acids is 1. The van der Waals surface area contributed by atoms with Crippen molar-refractivity contribution in [2.24, 2.45) is 0 Å². The van der Waals surface area contributed by atoms with Crippen LogP contribution in [0.15, 0.2) is 111 Å². The van der Waals surface area contributed by atoms with Crippen molar-refractivity contribution >= 4 is 88.6 Å². The Morgan fingerprint density at radius 2 is 0.862 bits per heavy atom. The van der Waals surface area contributed by atoms with Gasteiger partial charge in [0.1, 0.15) is 55.7 Å². The lowest BCUT2D eigenvalue weighted by Gasteiger charge is -2.39. The Bertz CT molecular complexity index is 4590. The minimum atomic E-state index is -3.84. The monoisotopic (exact) mass is 1690 g/mol. The number of sulfonamides is 1. The fraction of sp³-hybridized carbons (Fsp3) is 0.566. The first kappa shape index (κ1) is 92.1. The Kier molecular flexibility index (Phi) is 32.8. The summed E-state index contributed by atoms with van der Waals surface area (Å²) in [7, 11) is -6.23. The molecule has 2 N–H and O–H groups in total. The number of hydrogen-bond acceptors (Lipinski definition) is 22. The molecule has 0 radical (unpaired) electrons. The smallest absolute Gasteiger partial charge is 0.335 e. The number of hydrogen-bond donors (Lipinski definition) is 2. The maximum absolute atomic E-state index is 13.6. The molecule has 0 bridgehead atoms. The quantitative estimate of drug-likeness (QED) is 0.0155. The number of benzene rings is 2. The number of anilines is 2. The van der Waals surface area contributed by atoms with E-state index >= 15 is 0 Å². The van der Waals surface area contributed by atoms with Crippen LogP contribution in [0, 0.1) is 0 Å². The summed E-state index contributed by atoms with van der Waals surface area (Å²) in [6, 6.07) is 23.9. The van der Waals surface area contributed by atoms with Crippen molar-refractivity contribution in [2.45, 2.75) is 191 Å². The summed E-state index contributed by atoms with van der Waals surface area (Å²) >= 11 is 0. The zero-order valence-corrected chi connectivity index (χ0v) is 76.4. The topological polar surface area (TPSA) is 295 Å². The van der Waals surface area contributed by atoms with Crippen LogP contribution < -0.4 is 14.5 Å². The first-order chi connectivity index (χ1) is 55.0. The van der Waals surface area contributed by atoms with Gasteiger partial charge < -0.3 is 62.3 Å². The van der Waals surface area contributed by atoms with E-state index in [1.165, 1.54) is 0 Å². The Morgan fingerprint density at radius 1 is 0.517 bits per heavy atom. The molecule has 6 heterocycles. The van der Waals surface area contributed by atoms with Gasteiger partial charge in [-0.05, 0) is 114 Å². The second-order valence-corrected chi connectivity index (χ2v) is 59.1. The Labute approximate surface area is 690 Å². The van der Waals surface area contributed by atoms with Crippen LogP contribution in [-0.2, 0) is 67.0 Å². The van der Waals surface area contributed by atoms with Gasteiger partial charge >= 0.3 is 5.97 Å². The number of amides is 1. The van der Waals surface area contributed by atoms with Crippen molar-refractivity contribution in [3.8, 4) is 33.6 Å². The minimum absolute atomic E-state index is 0.123. The molecule has 0 unspecified atom stereocenters. The van der Waals surface area contributed by atoms with Crippen molar-refractivity contribution in [3.05, 3.63) is 134 Å². The number of carboxylic acids is 1. The standard InChI is InChI=1S/C42H65N7O8SSi2.C41H62N6O7Si2/c1-11-56-32(2)37-38(33-17-19-42(20-18-33,57-22-21-53-3)41(50)46-58(4,51)52)45-39-36(34-27-43-48(29-34)35-15-13-12-14-16-35)28-44-49(39)40(37)47(30-54-23-25-59(5,6)7)31-55-24-26-60(8,9)10;1-10-53-31(2)36-37(32-16-18-41(19-17-32,40(48)49)54-21-20-50-3)44-38-35(33-26-42-46(28-33)34-14-12-11-13-15-34)27-43-47(38)39(36)45(29-51-22-24-55(4,5)6)30-52-23-25-56(7,8)9/h12-16,27-29,33H,2,11,17-26,30-31H2,1,3-10H3,(H,46,50);11-15,26-28,32H,2,10,16-25,29-30H2,1,3-9H3,(H,48,49). The highest BCUT2D eigenvalue weighted by Gasteiger charge is 2.47. The lowest BCUT2D eigenvalue weighted by Crippen LogP contribution is -2.52. The number of ether oxygens (including phenoxy) is 10. The number of para-hydroxylation sites is 2. The largest absolute Gasteiger partial charge is 0.494 e. The van der Waals surface area contributed by atoms with Crippen molar-refractivity contribution in [1.82, 2.24) is 53.5 Å². The molecule has 10 rings (SSSR count). The molecule has 33 heteroatoms. The third kappa shape index (κ3) is 25.4. The number of rotatable bonds is 45. The summed E-state index contributed by atoms with van der Waals surface area (Å²) in [6.45, 7) is 45.8. The zero-order chi connectivity index (χ0) is 84.2. The number of nitrogens with one attached hydrogen (secondary N) is 1. The van der Waals surface area contributed by atoms with E-state index in [1.807, 2.05) is 124 Å². The molecule has 0 saturated heterocycles. The number of nitrogens with zero attached hydrogens (tertiary/aromatic N) is 12. The first-order valence-electron chi connectivity index (χ1n) is 40.5. The van der Waals surface area contributed by atoms with E-state index in [0.29, 0.717) is 130 Å². The van der Waals surface area contributed by atoms with Crippen LogP contribution in [0.4, 0.5) is 11.6 Å². The van der Waals surface area contributed by atoms with Crippen LogP contribution >= 0.6 is 0 Å². The van der Waals surface area contributed by atoms with Crippen molar-refractivity contribution < 1.29 is 70.5 Å². The van der Waals surface area contributed by atoms with E-state index in [4.69, 9.17) is 67.5 Å². The Balaban J connectivity index is 0.000000266. The number of aromatic nitrogens is 10. The molecule has 2 fully saturated rings.